The van der Waals surface area contributed by atoms with Gasteiger partial charge in [-0.25, -0.2) is 14.6 Å². The van der Waals surface area contributed by atoms with Gasteiger partial charge >= 0.3 is 11.9 Å². The summed E-state index contributed by atoms with van der Waals surface area (Å²) in [6.07, 6.45) is 1.72. The van der Waals surface area contributed by atoms with Gasteiger partial charge in [0.25, 0.3) is 5.56 Å². The molecule has 0 fully saturated rings. The third-order valence-electron chi connectivity index (χ3n) is 6.29. The fourth-order valence-corrected chi connectivity index (χ4v) is 5.51. The van der Waals surface area contributed by atoms with E-state index in [1.54, 1.807) is 62.4 Å². The van der Waals surface area contributed by atoms with Crippen molar-refractivity contribution in [3.05, 3.63) is 90.1 Å². The number of allylic oxidation sites excluding steroid dienone is 1. The van der Waals surface area contributed by atoms with E-state index in [-0.39, 0.29) is 31.0 Å². The van der Waals surface area contributed by atoms with Gasteiger partial charge in [0.1, 0.15) is 12.6 Å². The van der Waals surface area contributed by atoms with E-state index in [2.05, 4.69) is 4.99 Å². The summed E-state index contributed by atoms with van der Waals surface area (Å²) < 4.78 is 29.0. The number of aromatic nitrogens is 1. The van der Waals surface area contributed by atoms with Crippen molar-refractivity contribution in [3.8, 4) is 11.5 Å². The first-order chi connectivity index (χ1) is 19.8. The number of nitrogens with zero attached hydrogens (tertiary/aromatic N) is 2. The smallest absolute Gasteiger partial charge is 0.338 e. The second-order valence-corrected chi connectivity index (χ2v) is 9.87. The van der Waals surface area contributed by atoms with Gasteiger partial charge in [-0.05, 0) is 50.6 Å². The fraction of sp³-hybridized carbons (Fsp3) is 0.333. The highest BCUT2D eigenvalue weighted by atomic mass is 32.1. The lowest BCUT2D eigenvalue weighted by Gasteiger charge is -2.27. The van der Waals surface area contributed by atoms with Crippen molar-refractivity contribution in [1.82, 2.24) is 4.57 Å². The highest BCUT2D eigenvalue weighted by Crippen LogP contribution is 2.40. The molecule has 1 atom stereocenters. The molecule has 1 aliphatic heterocycles. The third-order valence-corrected chi connectivity index (χ3v) is 7.28. The first-order valence-electron chi connectivity index (χ1n) is 13.1. The molecule has 11 heteroatoms. The summed E-state index contributed by atoms with van der Waals surface area (Å²) in [7, 11) is 3.04. The molecule has 2 heterocycles. The van der Waals surface area contributed by atoms with E-state index in [0.29, 0.717) is 49.8 Å². The van der Waals surface area contributed by atoms with E-state index in [0.717, 1.165) is 0 Å². The summed E-state index contributed by atoms with van der Waals surface area (Å²) >= 11 is 1.20. The average molecular weight is 581 g/mol. The van der Waals surface area contributed by atoms with Crippen molar-refractivity contribution in [3.63, 3.8) is 0 Å². The van der Waals surface area contributed by atoms with Crippen LogP contribution >= 0.6 is 11.3 Å². The quantitative estimate of drug-likeness (QED) is 0.251. The Labute approximate surface area is 241 Å². The normalized spacial score (nSPS) is 14.8. The summed E-state index contributed by atoms with van der Waals surface area (Å²) in [5.74, 6) is -0.136. The number of hydrogen-bond acceptors (Lipinski definition) is 10. The minimum Gasteiger partial charge on any atom is -0.493 e. The van der Waals surface area contributed by atoms with Gasteiger partial charge < -0.3 is 23.7 Å². The molecule has 0 spiro atoms. The highest BCUT2D eigenvalue weighted by Gasteiger charge is 2.36. The van der Waals surface area contributed by atoms with Crippen LogP contribution in [-0.2, 0) is 19.0 Å². The maximum absolute atomic E-state index is 14.0. The Hall–Kier alpha value is -4.22. The van der Waals surface area contributed by atoms with Crippen LogP contribution in [0, 0.1) is 0 Å². The summed E-state index contributed by atoms with van der Waals surface area (Å²) in [6.45, 7) is 6.19. The SMILES string of the molecule is CCOC(=O)c1ccc(/C=c2/sc3n(c2=O)[C@@H](c2cccc(OC)c2OCC)C(C(=O)OCCOC)=C(C)N=3)cc1. The van der Waals surface area contributed by atoms with Crippen LogP contribution in [-0.4, -0.2) is 57.2 Å². The van der Waals surface area contributed by atoms with Crippen molar-refractivity contribution in [2.24, 2.45) is 4.99 Å². The van der Waals surface area contributed by atoms with E-state index in [4.69, 9.17) is 23.7 Å². The average Bonchev–Trinajstić information content (AvgIpc) is 3.27. The number of para-hydroxylation sites is 1. The number of methoxy groups -OCH3 is 2. The van der Waals surface area contributed by atoms with Gasteiger partial charge in [-0.3, -0.25) is 9.36 Å². The standard InChI is InChI=1S/C30H32N2O8S/c1-6-38-26-21(9-8-10-22(26)37-5)25-24(29(35)40-16-15-36-4)18(3)31-30-32(25)27(33)23(41-30)17-19-11-13-20(14-12-19)28(34)39-7-2/h8-14,17,25H,6-7,15-16H2,1-5H3/b23-17+/t25-/m0/s1. The molecular formula is C30H32N2O8S. The zero-order valence-electron chi connectivity index (χ0n) is 23.6. The first kappa shape index (κ1) is 29.8. The van der Waals surface area contributed by atoms with Crippen LogP contribution in [0.25, 0.3) is 6.08 Å². The largest absolute Gasteiger partial charge is 0.493 e. The Morgan fingerprint density at radius 1 is 1.00 bits per heavy atom. The predicted octanol–water partition coefficient (Wildman–Crippen LogP) is 3.01. The molecule has 0 saturated heterocycles. The minimum absolute atomic E-state index is 0.0431. The lowest BCUT2D eigenvalue weighted by molar-refractivity contribution is -0.140. The lowest BCUT2D eigenvalue weighted by atomic mass is 9.94. The van der Waals surface area contributed by atoms with E-state index in [1.807, 2.05) is 6.92 Å². The number of carbonyl (C=O) groups is 2. The van der Waals surface area contributed by atoms with Crippen molar-refractivity contribution in [2.75, 3.05) is 40.6 Å². The van der Waals surface area contributed by atoms with Crippen molar-refractivity contribution < 1.29 is 33.3 Å². The minimum atomic E-state index is -0.883. The third kappa shape index (κ3) is 6.26. The number of fused-ring (bicyclic) bond motifs is 1. The van der Waals surface area contributed by atoms with Gasteiger partial charge in [-0.1, -0.05) is 35.6 Å². The monoisotopic (exact) mass is 580 g/mol. The van der Waals surface area contributed by atoms with Gasteiger partial charge in [-0.2, -0.15) is 0 Å². The summed E-state index contributed by atoms with van der Waals surface area (Å²) in [4.78, 5) is 44.5. The van der Waals surface area contributed by atoms with Gasteiger partial charge in [0.15, 0.2) is 16.3 Å². The first-order valence-corrected chi connectivity index (χ1v) is 13.9. The second kappa shape index (κ2) is 13.4. The van der Waals surface area contributed by atoms with E-state index in [9.17, 15) is 14.4 Å². The number of esters is 2. The molecule has 2 aromatic carbocycles. The Bertz CT molecular complexity index is 1640. The molecule has 3 aromatic rings. The Morgan fingerprint density at radius 3 is 2.41 bits per heavy atom. The summed E-state index contributed by atoms with van der Waals surface area (Å²) in [5, 5.41) is 0. The number of thiazole rings is 1. The van der Waals surface area contributed by atoms with Crippen molar-refractivity contribution in [2.45, 2.75) is 26.8 Å². The molecule has 41 heavy (non-hydrogen) atoms. The number of hydrogen-bond donors (Lipinski definition) is 0. The molecule has 0 radical (unpaired) electrons. The molecule has 0 bridgehead atoms. The summed E-state index contributed by atoms with van der Waals surface area (Å²) in [5.41, 5.74) is 1.99. The molecule has 4 rings (SSSR count). The topological polar surface area (TPSA) is 115 Å². The molecular weight excluding hydrogens is 548 g/mol. The summed E-state index contributed by atoms with van der Waals surface area (Å²) in [6, 6.07) is 11.2. The zero-order chi connectivity index (χ0) is 29.5. The molecule has 216 valence electrons. The van der Waals surface area contributed by atoms with Crippen LogP contribution in [0.3, 0.4) is 0 Å². The molecule has 1 aromatic heterocycles. The molecule has 0 N–H and O–H groups in total. The number of rotatable bonds is 11. The van der Waals surface area contributed by atoms with Crippen LogP contribution < -0.4 is 24.4 Å². The van der Waals surface area contributed by atoms with Gasteiger partial charge in [-0.15, -0.1) is 0 Å². The number of ether oxygens (including phenoxy) is 5. The maximum Gasteiger partial charge on any atom is 0.338 e. The van der Waals surface area contributed by atoms with Gasteiger partial charge in [0, 0.05) is 12.7 Å². The maximum atomic E-state index is 14.0. The molecule has 0 amide bonds. The molecule has 0 saturated carbocycles. The lowest BCUT2D eigenvalue weighted by Crippen LogP contribution is -2.40. The van der Waals surface area contributed by atoms with Crippen molar-refractivity contribution in [1.29, 1.82) is 0 Å². The molecule has 0 unspecified atom stereocenters. The Kier molecular flexibility index (Phi) is 9.74. The Balaban J connectivity index is 1.89. The van der Waals surface area contributed by atoms with Crippen LogP contribution in [0.15, 0.2) is 63.5 Å². The Morgan fingerprint density at radius 2 is 1.76 bits per heavy atom. The van der Waals surface area contributed by atoms with Crippen LogP contribution in [0.1, 0.15) is 48.3 Å². The van der Waals surface area contributed by atoms with Crippen LogP contribution in [0.4, 0.5) is 0 Å². The van der Waals surface area contributed by atoms with E-state index < -0.39 is 18.0 Å². The number of carbonyl (C=O) groups excluding carboxylic acids is 2. The van der Waals surface area contributed by atoms with Crippen LogP contribution in [0.5, 0.6) is 11.5 Å². The fourth-order valence-electron chi connectivity index (χ4n) is 4.46. The van der Waals surface area contributed by atoms with E-state index >= 15 is 0 Å². The van der Waals surface area contributed by atoms with Crippen molar-refractivity contribution >= 4 is 29.4 Å². The van der Waals surface area contributed by atoms with E-state index in [1.165, 1.54) is 30.1 Å². The van der Waals surface area contributed by atoms with Gasteiger partial charge in [0.2, 0.25) is 0 Å². The zero-order valence-corrected chi connectivity index (χ0v) is 24.4. The van der Waals surface area contributed by atoms with Crippen LogP contribution in [0.2, 0.25) is 0 Å². The number of benzene rings is 2. The molecule has 10 nitrogen and oxygen atoms in total. The molecule has 0 aliphatic carbocycles. The molecule has 1 aliphatic rings. The predicted molar refractivity (Wildman–Crippen MR) is 153 cm³/mol. The van der Waals surface area contributed by atoms with Gasteiger partial charge in [0.05, 0.1) is 48.3 Å². The second-order valence-electron chi connectivity index (χ2n) is 8.86. The highest BCUT2D eigenvalue weighted by molar-refractivity contribution is 7.07.